The van der Waals surface area contributed by atoms with Crippen molar-refractivity contribution in [2.45, 2.75) is 44.2 Å². The second-order valence-electron chi connectivity index (χ2n) is 7.43. The van der Waals surface area contributed by atoms with Crippen molar-refractivity contribution in [2.75, 3.05) is 14.1 Å². The Morgan fingerprint density at radius 3 is 2.35 bits per heavy atom. The summed E-state index contributed by atoms with van der Waals surface area (Å²) in [5.74, 6) is -0.0630. The molecule has 0 radical (unpaired) electrons. The third-order valence-electron chi connectivity index (χ3n) is 5.82. The molecular weight excluding hydrogens is 344 g/mol. The molecule has 26 heavy (non-hydrogen) atoms. The maximum atomic E-state index is 13.1. The minimum atomic E-state index is -0.0660. The van der Waals surface area contributed by atoms with Gasteiger partial charge in [0.25, 0.3) is 5.91 Å². The van der Waals surface area contributed by atoms with Crippen LogP contribution in [-0.4, -0.2) is 30.4 Å². The molecule has 138 valence electrons. The lowest BCUT2D eigenvalue weighted by Crippen LogP contribution is -2.53. The second-order valence-corrected chi connectivity index (χ2v) is 7.84. The van der Waals surface area contributed by atoms with Crippen LogP contribution in [0.5, 0.6) is 0 Å². The Hall–Kier alpha value is -1.84. The van der Waals surface area contributed by atoms with E-state index in [1.54, 1.807) is 0 Å². The fraction of sp³-hybridized carbons (Fsp3) is 0.409. The van der Waals surface area contributed by atoms with Crippen molar-refractivity contribution in [1.82, 2.24) is 10.2 Å². The van der Waals surface area contributed by atoms with Crippen molar-refractivity contribution in [2.24, 2.45) is 0 Å². The molecular formula is C22H27ClN2O. The number of rotatable bonds is 5. The Labute approximate surface area is 161 Å². The monoisotopic (exact) mass is 370 g/mol. The van der Waals surface area contributed by atoms with Crippen molar-refractivity contribution in [3.8, 4) is 0 Å². The van der Waals surface area contributed by atoms with Crippen LogP contribution in [0.25, 0.3) is 0 Å². The molecule has 0 aliphatic heterocycles. The number of hydrogen-bond donors (Lipinski definition) is 1. The van der Waals surface area contributed by atoms with Crippen LogP contribution in [0.2, 0.25) is 5.02 Å². The topological polar surface area (TPSA) is 32.3 Å². The molecule has 3 nitrogen and oxygen atoms in total. The van der Waals surface area contributed by atoms with Crippen LogP contribution < -0.4 is 5.32 Å². The molecule has 2 aromatic rings. The minimum absolute atomic E-state index is 0.0629. The van der Waals surface area contributed by atoms with Gasteiger partial charge in [0.05, 0.1) is 6.04 Å². The maximum Gasteiger partial charge on any atom is 0.252 e. The molecule has 1 amide bonds. The van der Waals surface area contributed by atoms with E-state index in [1.807, 2.05) is 43.3 Å². The number of likely N-dealkylation sites (N-methyl/N-ethyl adjacent to an activating group) is 1. The SMILES string of the molecule is Cc1c(Cl)cccc1C(=O)NC(c1ccccc1)C1(N(C)C)CCCC1. The highest BCUT2D eigenvalue weighted by atomic mass is 35.5. The number of carbonyl (C=O) groups excluding carboxylic acids is 1. The van der Waals surface area contributed by atoms with Gasteiger partial charge in [0.1, 0.15) is 0 Å². The lowest BCUT2D eigenvalue weighted by molar-refractivity contribution is 0.0766. The first-order valence-electron chi connectivity index (χ1n) is 9.24. The molecule has 3 rings (SSSR count). The van der Waals surface area contributed by atoms with Crippen molar-refractivity contribution >= 4 is 17.5 Å². The maximum absolute atomic E-state index is 13.1. The van der Waals surface area contributed by atoms with Gasteiger partial charge in [0.15, 0.2) is 0 Å². The Morgan fingerprint density at radius 1 is 1.08 bits per heavy atom. The molecule has 1 aliphatic carbocycles. The minimum Gasteiger partial charge on any atom is -0.343 e. The summed E-state index contributed by atoms with van der Waals surface area (Å²) >= 11 is 6.23. The van der Waals surface area contributed by atoms with Crippen LogP contribution in [-0.2, 0) is 0 Å². The standard InChI is InChI=1S/C22H27ClN2O/c1-16-18(12-9-13-19(16)23)21(26)24-20(17-10-5-4-6-11-17)22(25(2)3)14-7-8-15-22/h4-6,9-13,20H,7-8,14-15H2,1-3H3,(H,24,26). The second kappa shape index (κ2) is 7.81. The number of benzene rings is 2. The highest BCUT2D eigenvalue weighted by Crippen LogP contribution is 2.43. The van der Waals surface area contributed by atoms with E-state index in [1.165, 1.54) is 12.8 Å². The van der Waals surface area contributed by atoms with Gasteiger partial charge in [-0.2, -0.15) is 0 Å². The summed E-state index contributed by atoms with van der Waals surface area (Å²) in [6.07, 6.45) is 4.53. The summed E-state index contributed by atoms with van der Waals surface area (Å²) in [6.45, 7) is 1.89. The average Bonchev–Trinajstić information content (AvgIpc) is 3.13. The van der Waals surface area contributed by atoms with Crippen LogP contribution in [0.3, 0.4) is 0 Å². The zero-order valence-corrected chi connectivity index (χ0v) is 16.5. The zero-order valence-electron chi connectivity index (χ0n) is 15.8. The van der Waals surface area contributed by atoms with Crippen LogP contribution in [0.15, 0.2) is 48.5 Å². The fourth-order valence-electron chi connectivity index (χ4n) is 4.22. The Bertz CT molecular complexity index is 767. The third-order valence-corrected chi connectivity index (χ3v) is 6.23. The van der Waals surface area contributed by atoms with E-state index >= 15 is 0 Å². The van der Waals surface area contributed by atoms with Crippen LogP contribution in [0, 0.1) is 6.92 Å². The molecule has 2 aromatic carbocycles. The molecule has 0 aromatic heterocycles. The van der Waals surface area contributed by atoms with Crippen molar-refractivity contribution in [3.05, 3.63) is 70.2 Å². The van der Waals surface area contributed by atoms with Gasteiger partial charge in [0, 0.05) is 16.1 Å². The molecule has 1 atom stereocenters. The number of carbonyl (C=O) groups is 1. The molecule has 0 spiro atoms. The average molecular weight is 371 g/mol. The predicted octanol–water partition coefficient (Wildman–Crippen LogP) is 4.99. The van der Waals surface area contributed by atoms with Gasteiger partial charge in [-0.05, 0) is 57.1 Å². The van der Waals surface area contributed by atoms with Gasteiger partial charge in [-0.1, -0.05) is 60.8 Å². The molecule has 1 aliphatic rings. The first-order valence-corrected chi connectivity index (χ1v) is 9.62. The van der Waals surface area contributed by atoms with Crippen molar-refractivity contribution < 1.29 is 4.79 Å². The number of amides is 1. The summed E-state index contributed by atoms with van der Waals surface area (Å²) in [5.41, 5.74) is 2.55. The molecule has 1 fully saturated rings. The zero-order chi connectivity index (χ0) is 18.7. The normalized spacial score (nSPS) is 17.3. The Balaban J connectivity index is 1.99. The Kier molecular flexibility index (Phi) is 5.69. The van der Waals surface area contributed by atoms with Crippen LogP contribution in [0.1, 0.15) is 53.2 Å². The van der Waals surface area contributed by atoms with Gasteiger partial charge in [0.2, 0.25) is 0 Å². The Morgan fingerprint density at radius 2 is 1.73 bits per heavy atom. The molecule has 1 saturated carbocycles. The quantitative estimate of drug-likeness (QED) is 0.803. The van der Waals surface area contributed by atoms with E-state index in [-0.39, 0.29) is 17.5 Å². The number of nitrogens with zero attached hydrogens (tertiary/aromatic N) is 1. The molecule has 1 unspecified atom stereocenters. The van der Waals surface area contributed by atoms with Gasteiger partial charge in [-0.15, -0.1) is 0 Å². The summed E-state index contributed by atoms with van der Waals surface area (Å²) in [6, 6.07) is 15.7. The van der Waals surface area contributed by atoms with E-state index < -0.39 is 0 Å². The molecule has 0 heterocycles. The highest BCUT2D eigenvalue weighted by Gasteiger charge is 2.44. The number of nitrogens with one attached hydrogen (secondary N) is 1. The molecule has 4 heteroatoms. The van der Waals surface area contributed by atoms with Crippen molar-refractivity contribution in [3.63, 3.8) is 0 Å². The first-order chi connectivity index (χ1) is 12.5. The lowest BCUT2D eigenvalue weighted by atomic mass is 9.82. The number of halogens is 1. The number of hydrogen-bond acceptors (Lipinski definition) is 2. The van der Waals surface area contributed by atoms with Gasteiger partial charge in [-0.25, -0.2) is 0 Å². The summed E-state index contributed by atoms with van der Waals surface area (Å²) in [5, 5.41) is 3.96. The molecule has 0 bridgehead atoms. The van der Waals surface area contributed by atoms with E-state index in [2.05, 4.69) is 36.4 Å². The summed E-state index contributed by atoms with van der Waals surface area (Å²) in [7, 11) is 4.25. The smallest absolute Gasteiger partial charge is 0.252 e. The van der Waals surface area contributed by atoms with Crippen molar-refractivity contribution in [1.29, 1.82) is 0 Å². The summed E-state index contributed by atoms with van der Waals surface area (Å²) < 4.78 is 0. The first kappa shape index (κ1) is 18.9. The van der Waals surface area contributed by atoms with Gasteiger partial charge in [-0.3, -0.25) is 4.79 Å². The summed E-state index contributed by atoms with van der Waals surface area (Å²) in [4.78, 5) is 15.4. The largest absolute Gasteiger partial charge is 0.343 e. The third kappa shape index (κ3) is 3.51. The van der Waals surface area contributed by atoms with E-state index in [0.29, 0.717) is 10.6 Å². The van der Waals surface area contributed by atoms with Gasteiger partial charge < -0.3 is 10.2 Å². The van der Waals surface area contributed by atoms with E-state index in [4.69, 9.17) is 11.6 Å². The van der Waals surface area contributed by atoms with Crippen LogP contribution >= 0.6 is 11.6 Å². The fourth-order valence-corrected chi connectivity index (χ4v) is 4.39. The molecule has 0 saturated heterocycles. The highest BCUT2D eigenvalue weighted by molar-refractivity contribution is 6.31. The van der Waals surface area contributed by atoms with E-state index in [0.717, 1.165) is 24.0 Å². The molecule has 1 N–H and O–H groups in total. The van der Waals surface area contributed by atoms with Crippen LogP contribution in [0.4, 0.5) is 0 Å². The van der Waals surface area contributed by atoms with Gasteiger partial charge >= 0.3 is 0 Å². The lowest BCUT2D eigenvalue weighted by Gasteiger charge is -2.44. The predicted molar refractivity (Wildman–Crippen MR) is 108 cm³/mol. The van der Waals surface area contributed by atoms with E-state index in [9.17, 15) is 4.79 Å².